The van der Waals surface area contributed by atoms with Crippen LogP contribution >= 0.6 is 11.7 Å². The van der Waals surface area contributed by atoms with E-state index in [0.717, 1.165) is 37.4 Å². The minimum atomic E-state index is -3.52. The molecule has 1 saturated carbocycles. The Bertz CT molecular complexity index is 688. The average molecular weight is 311 g/mol. The molecule has 1 N–H and O–H groups in total. The van der Waals surface area contributed by atoms with Crippen LogP contribution in [0.2, 0.25) is 0 Å². The number of rotatable bonds is 3. The second-order valence-electron chi connectivity index (χ2n) is 5.20. The number of sulfonamides is 1. The van der Waals surface area contributed by atoms with E-state index in [9.17, 15) is 8.42 Å². The van der Waals surface area contributed by atoms with E-state index in [1.54, 1.807) is 18.2 Å². The van der Waals surface area contributed by atoms with E-state index in [-0.39, 0.29) is 10.9 Å². The molecule has 1 fully saturated rings. The van der Waals surface area contributed by atoms with E-state index >= 15 is 0 Å². The third-order valence-corrected chi connectivity index (χ3v) is 5.81. The van der Waals surface area contributed by atoms with E-state index in [0.29, 0.717) is 11.0 Å². The van der Waals surface area contributed by atoms with Gasteiger partial charge in [0.15, 0.2) is 0 Å². The zero-order valence-corrected chi connectivity index (χ0v) is 12.7. The molecule has 1 aromatic heterocycles. The van der Waals surface area contributed by atoms with Crippen LogP contribution in [-0.2, 0) is 10.0 Å². The number of hydrogen-bond acceptors (Lipinski definition) is 5. The summed E-state index contributed by atoms with van der Waals surface area (Å²) < 4.78 is 36.1. The summed E-state index contributed by atoms with van der Waals surface area (Å²) in [6, 6.07) is 5.14. The Balaban J connectivity index is 1.89. The first-order valence-corrected chi connectivity index (χ1v) is 9.12. The molecule has 0 bridgehead atoms. The molecule has 0 spiro atoms. The third kappa shape index (κ3) is 2.84. The quantitative estimate of drug-likeness (QED) is 0.885. The Hall–Kier alpha value is -1.05. The van der Waals surface area contributed by atoms with E-state index in [4.69, 9.17) is 0 Å². The van der Waals surface area contributed by atoms with Crippen molar-refractivity contribution in [2.75, 3.05) is 0 Å². The van der Waals surface area contributed by atoms with Gasteiger partial charge in [-0.1, -0.05) is 31.7 Å². The maximum atomic E-state index is 12.6. The minimum absolute atomic E-state index is 0.0457. The van der Waals surface area contributed by atoms with Gasteiger partial charge >= 0.3 is 0 Å². The van der Waals surface area contributed by atoms with Crippen LogP contribution in [0.5, 0.6) is 0 Å². The maximum Gasteiger partial charge on any atom is 0.243 e. The molecule has 0 amide bonds. The fourth-order valence-corrected chi connectivity index (χ4v) is 4.75. The molecule has 0 atom stereocenters. The molecule has 2 aromatic rings. The van der Waals surface area contributed by atoms with E-state index in [1.807, 2.05) is 0 Å². The highest BCUT2D eigenvalue weighted by Crippen LogP contribution is 2.23. The van der Waals surface area contributed by atoms with Crippen molar-refractivity contribution in [3.63, 3.8) is 0 Å². The zero-order valence-electron chi connectivity index (χ0n) is 11.1. The van der Waals surface area contributed by atoms with E-state index in [2.05, 4.69) is 13.5 Å². The predicted molar refractivity (Wildman–Crippen MR) is 79.2 cm³/mol. The number of nitrogens with one attached hydrogen (secondary N) is 1. The van der Waals surface area contributed by atoms with Crippen LogP contribution in [0.25, 0.3) is 11.0 Å². The van der Waals surface area contributed by atoms with Gasteiger partial charge in [0.1, 0.15) is 15.9 Å². The number of aromatic nitrogens is 2. The van der Waals surface area contributed by atoms with Crippen molar-refractivity contribution < 1.29 is 8.42 Å². The topological polar surface area (TPSA) is 72.0 Å². The van der Waals surface area contributed by atoms with Crippen LogP contribution in [0.1, 0.15) is 38.5 Å². The summed E-state index contributed by atoms with van der Waals surface area (Å²) >= 11 is 1.04. The van der Waals surface area contributed by atoms with Gasteiger partial charge in [-0.25, -0.2) is 13.1 Å². The number of nitrogens with zero attached hydrogens (tertiary/aromatic N) is 2. The normalized spacial score (nSPS) is 18.2. The molecular weight excluding hydrogens is 294 g/mol. The number of fused-ring (bicyclic) bond motifs is 1. The molecule has 1 aromatic carbocycles. The molecule has 0 saturated heterocycles. The summed E-state index contributed by atoms with van der Waals surface area (Å²) in [4.78, 5) is 0.244. The molecule has 0 unspecified atom stereocenters. The Kier molecular flexibility index (Phi) is 4.00. The summed E-state index contributed by atoms with van der Waals surface area (Å²) in [6.07, 6.45) is 6.42. The Morgan fingerprint density at radius 3 is 2.60 bits per heavy atom. The van der Waals surface area contributed by atoms with Crippen LogP contribution in [0.15, 0.2) is 23.1 Å². The molecule has 3 rings (SSSR count). The molecule has 20 heavy (non-hydrogen) atoms. The Morgan fingerprint density at radius 1 is 1.10 bits per heavy atom. The lowest BCUT2D eigenvalue weighted by molar-refractivity contribution is 0.510. The van der Waals surface area contributed by atoms with Gasteiger partial charge in [-0.2, -0.15) is 8.75 Å². The summed E-state index contributed by atoms with van der Waals surface area (Å²) in [5.41, 5.74) is 1.11. The molecule has 1 aliphatic rings. The molecule has 108 valence electrons. The lowest BCUT2D eigenvalue weighted by Crippen LogP contribution is -2.34. The van der Waals surface area contributed by atoms with Crippen molar-refractivity contribution >= 4 is 32.8 Å². The Labute approximate surface area is 122 Å². The van der Waals surface area contributed by atoms with Gasteiger partial charge in [-0.15, -0.1) is 0 Å². The van der Waals surface area contributed by atoms with Crippen molar-refractivity contribution in [3.8, 4) is 0 Å². The average Bonchev–Trinajstić information content (AvgIpc) is 2.76. The minimum Gasteiger partial charge on any atom is -0.208 e. The highest BCUT2D eigenvalue weighted by Gasteiger charge is 2.24. The van der Waals surface area contributed by atoms with Gasteiger partial charge < -0.3 is 0 Å². The van der Waals surface area contributed by atoms with Crippen molar-refractivity contribution in [2.24, 2.45) is 0 Å². The molecule has 0 radical (unpaired) electrons. The number of benzene rings is 1. The van der Waals surface area contributed by atoms with Crippen LogP contribution in [0.3, 0.4) is 0 Å². The lowest BCUT2D eigenvalue weighted by Gasteiger charge is -2.16. The first-order valence-electron chi connectivity index (χ1n) is 6.90. The fraction of sp³-hybridized carbons (Fsp3) is 0.538. The monoisotopic (exact) mass is 311 g/mol. The van der Waals surface area contributed by atoms with Gasteiger partial charge in [0.25, 0.3) is 0 Å². The van der Waals surface area contributed by atoms with Gasteiger partial charge in [0.2, 0.25) is 10.0 Å². The van der Waals surface area contributed by atoms with Gasteiger partial charge in [-0.05, 0) is 25.0 Å². The lowest BCUT2D eigenvalue weighted by atomic mass is 10.1. The van der Waals surface area contributed by atoms with Crippen LogP contribution in [0.4, 0.5) is 0 Å². The largest absolute Gasteiger partial charge is 0.243 e. The van der Waals surface area contributed by atoms with Crippen LogP contribution in [-0.4, -0.2) is 23.2 Å². The maximum absolute atomic E-state index is 12.6. The van der Waals surface area contributed by atoms with Crippen LogP contribution in [0, 0.1) is 0 Å². The van der Waals surface area contributed by atoms with Crippen LogP contribution < -0.4 is 4.72 Å². The highest BCUT2D eigenvalue weighted by atomic mass is 32.2. The Morgan fingerprint density at radius 2 is 1.85 bits per heavy atom. The van der Waals surface area contributed by atoms with Crippen molar-refractivity contribution in [3.05, 3.63) is 18.2 Å². The summed E-state index contributed by atoms with van der Waals surface area (Å²) in [6.45, 7) is 0. The molecular formula is C13H17N3O2S2. The predicted octanol–water partition coefficient (Wildman–Crippen LogP) is 2.69. The highest BCUT2D eigenvalue weighted by molar-refractivity contribution is 7.89. The third-order valence-electron chi connectivity index (χ3n) is 3.72. The van der Waals surface area contributed by atoms with Crippen molar-refractivity contribution in [1.82, 2.24) is 13.5 Å². The van der Waals surface area contributed by atoms with Crippen molar-refractivity contribution in [2.45, 2.75) is 49.5 Å². The second kappa shape index (κ2) is 5.75. The number of hydrogen-bond donors (Lipinski definition) is 1. The van der Waals surface area contributed by atoms with Gasteiger partial charge in [0, 0.05) is 6.04 Å². The molecule has 1 aliphatic carbocycles. The summed E-state index contributed by atoms with van der Waals surface area (Å²) in [5, 5.41) is 0. The summed E-state index contributed by atoms with van der Waals surface area (Å²) in [5.74, 6) is 0. The zero-order chi connectivity index (χ0) is 14.0. The molecule has 0 aliphatic heterocycles. The smallest absolute Gasteiger partial charge is 0.208 e. The standard InChI is InChI=1S/C13H17N3O2S2/c17-20(18,16-10-6-3-1-2-4-7-10)12-9-5-8-11-13(12)15-19-14-11/h5,8-10,16H,1-4,6-7H2. The van der Waals surface area contributed by atoms with Gasteiger partial charge in [-0.3, -0.25) is 0 Å². The fourth-order valence-electron chi connectivity index (χ4n) is 2.68. The molecule has 5 nitrogen and oxygen atoms in total. The molecule has 1 heterocycles. The van der Waals surface area contributed by atoms with Gasteiger partial charge in [0.05, 0.1) is 11.7 Å². The van der Waals surface area contributed by atoms with E-state index < -0.39 is 10.0 Å². The van der Waals surface area contributed by atoms with Crippen molar-refractivity contribution in [1.29, 1.82) is 0 Å². The summed E-state index contributed by atoms with van der Waals surface area (Å²) in [7, 11) is -3.52. The SMILES string of the molecule is O=S(=O)(NC1CCCCCC1)c1cccc2nsnc12. The second-order valence-corrected chi connectivity index (χ2v) is 7.41. The van der Waals surface area contributed by atoms with E-state index in [1.165, 1.54) is 12.8 Å². The first kappa shape index (κ1) is 13.9. The first-order chi connectivity index (χ1) is 9.67. The molecule has 7 heteroatoms.